The Kier molecular flexibility index (Phi) is 4.38. The first kappa shape index (κ1) is 17.2. The molecule has 1 unspecified atom stereocenters. The van der Waals surface area contributed by atoms with E-state index in [0.29, 0.717) is 12.1 Å². The SMILES string of the molecule is Cc1ccc2c(c1)C(Cc1ccccc1)C(=O)N2C(=O)OC(C)(C)C. The van der Waals surface area contributed by atoms with Gasteiger partial charge in [0.05, 0.1) is 11.6 Å². The molecule has 1 aliphatic heterocycles. The summed E-state index contributed by atoms with van der Waals surface area (Å²) >= 11 is 0. The minimum Gasteiger partial charge on any atom is -0.443 e. The Labute approximate surface area is 148 Å². The van der Waals surface area contributed by atoms with Crippen molar-refractivity contribution < 1.29 is 14.3 Å². The van der Waals surface area contributed by atoms with Crippen LogP contribution >= 0.6 is 0 Å². The molecule has 1 heterocycles. The maximum atomic E-state index is 13.0. The Bertz CT molecular complexity index is 806. The van der Waals surface area contributed by atoms with Crippen LogP contribution in [0.5, 0.6) is 0 Å². The summed E-state index contributed by atoms with van der Waals surface area (Å²) in [5.74, 6) is -0.594. The van der Waals surface area contributed by atoms with Gasteiger partial charge in [-0.15, -0.1) is 0 Å². The zero-order valence-corrected chi connectivity index (χ0v) is 15.1. The number of imide groups is 1. The summed E-state index contributed by atoms with van der Waals surface area (Å²) < 4.78 is 5.44. The molecule has 0 N–H and O–H groups in total. The summed E-state index contributed by atoms with van der Waals surface area (Å²) in [4.78, 5) is 26.8. The number of rotatable bonds is 2. The van der Waals surface area contributed by atoms with E-state index >= 15 is 0 Å². The number of hydrogen-bond acceptors (Lipinski definition) is 3. The third-order valence-electron chi connectivity index (χ3n) is 4.18. The van der Waals surface area contributed by atoms with E-state index in [1.54, 1.807) is 20.8 Å². The van der Waals surface area contributed by atoms with E-state index in [1.807, 2.05) is 55.5 Å². The summed E-state index contributed by atoms with van der Waals surface area (Å²) in [6.45, 7) is 7.37. The van der Waals surface area contributed by atoms with Gasteiger partial charge in [-0.25, -0.2) is 9.69 Å². The van der Waals surface area contributed by atoms with E-state index in [0.717, 1.165) is 16.7 Å². The molecule has 4 heteroatoms. The lowest BCUT2D eigenvalue weighted by Crippen LogP contribution is -2.39. The first-order valence-electron chi connectivity index (χ1n) is 8.48. The third kappa shape index (κ3) is 3.58. The Morgan fingerprint density at radius 1 is 1.12 bits per heavy atom. The Hall–Kier alpha value is -2.62. The molecule has 4 nitrogen and oxygen atoms in total. The van der Waals surface area contributed by atoms with Gasteiger partial charge in [0.25, 0.3) is 0 Å². The lowest BCUT2D eigenvalue weighted by atomic mass is 9.92. The van der Waals surface area contributed by atoms with Crippen molar-refractivity contribution in [2.75, 3.05) is 4.90 Å². The molecule has 1 atom stereocenters. The summed E-state index contributed by atoms with van der Waals surface area (Å²) in [5, 5.41) is 0. The summed E-state index contributed by atoms with van der Waals surface area (Å²) in [6, 6.07) is 15.6. The fraction of sp³-hybridized carbons (Fsp3) is 0.333. The molecule has 3 rings (SSSR count). The monoisotopic (exact) mass is 337 g/mol. The van der Waals surface area contributed by atoms with Crippen LogP contribution < -0.4 is 4.90 Å². The van der Waals surface area contributed by atoms with Gasteiger partial charge in [0.15, 0.2) is 0 Å². The molecule has 0 aromatic heterocycles. The largest absolute Gasteiger partial charge is 0.443 e. The van der Waals surface area contributed by atoms with Gasteiger partial charge in [-0.1, -0.05) is 48.0 Å². The number of fused-ring (bicyclic) bond motifs is 1. The van der Waals surface area contributed by atoms with Gasteiger partial charge in [-0.3, -0.25) is 4.79 Å². The van der Waals surface area contributed by atoms with Crippen molar-refractivity contribution in [3.63, 3.8) is 0 Å². The van der Waals surface area contributed by atoms with Crippen LogP contribution in [-0.2, 0) is 16.0 Å². The molecule has 0 radical (unpaired) electrons. The van der Waals surface area contributed by atoms with Crippen molar-refractivity contribution in [1.82, 2.24) is 0 Å². The van der Waals surface area contributed by atoms with Crippen LogP contribution in [0.4, 0.5) is 10.5 Å². The van der Waals surface area contributed by atoms with Gasteiger partial charge in [0.2, 0.25) is 5.91 Å². The van der Waals surface area contributed by atoms with Crippen molar-refractivity contribution in [1.29, 1.82) is 0 Å². The molecule has 0 saturated carbocycles. The van der Waals surface area contributed by atoms with E-state index < -0.39 is 11.7 Å². The molecular formula is C21H23NO3. The van der Waals surface area contributed by atoms with Crippen LogP contribution in [0.2, 0.25) is 0 Å². The smallest absolute Gasteiger partial charge is 0.421 e. The van der Waals surface area contributed by atoms with Gasteiger partial charge >= 0.3 is 6.09 Å². The van der Waals surface area contributed by atoms with Crippen LogP contribution in [-0.4, -0.2) is 17.6 Å². The summed E-state index contributed by atoms with van der Waals surface area (Å²) in [7, 11) is 0. The van der Waals surface area contributed by atoms with E-state index in [4.69, 9.17) is 4.74 Å². The first-order valence-corrected chi connectivity index (χ1v) is 8.48. The van der Waals surface area contributed by atoms with Crippen molar-refractivity contribution in [2.24, 2.45) is 0 Å². The van der Waals surface area contributed by atoms with E-state index in [-0.39, 0.29) is 11.8 Å². The normalized spacial score (nSPS) is 16.7. The second-order valence-corrected chi connectivity index (χ2v) is 7.46. The second kappa shape index (κ2) is 6.36. The standard InChI is InChI=1S/C21H23NO3/c1-14-10-11-18-16(12-14)17(13-15-8-6-5-7-9-15)19(23)22(18)20(24)25-21(2,3)4/h5-12,17H,13H2,1-4H3. The number of anilines is 1. The molecule has 0 fully saturated rings. The minimum atomic E-state index is -0.653. The van der Waals surface area contributed by atoms with E-state index in [2.05, 4.69) is 0 Å². The second-order valence-electron chi connectivity index (χ2n) is 7.46. The maximum absolute atomic E-state index is 13.0. The molecule has 2 aromatic rings. The molecule has 0 saturated heterocycles. The lowest BCUT2D eigenvalue weighted by molar-refractivity contribution is -0.119. The molecule has 2 aromatic carbocycles. The topological polar surface area (TPSA) is 46.6 Å². The van der Waals surface area contributed by atoms with Crippen LogP contribution in [0.1, 0.15) is 43.4 Å². The maximum Gasteiger partial charge on any atom is 0.421 e. The number of carbonyl (C=O) groups is 2. The third-order valence-corrected chi connectivity index (χ3v) is 4.18. The Morgan fingerprint density at radius 3 is 2.44 bits per heavy atom. The van der Waals surface area contributed by atoms with Crippen molar-refractivity contribution >= 4 is 17.7 Å². The van der Waals surface area contributed by atoms with Gasteiger partial charge in [0.1, 0.15) is 5.60 Å². The number of nitrogens with zero attached hydrogens (tertiary/aromatic N) is 1. The zero-order valence-electron chi connectivity index (χ0n) is 15.1. The van der Waals surface area contributed by atoms with Crippen molar-refractivity contribution in [2.45, 2.75) is 45.6 Å². The highest BCUT2D eigenvalue weighted by atomic mass is 16.6. The van der Waals surface area contributed by atoms with Gasteiger partial charge in [-0.2, -0.15) is 0 Å². The Morgan fingerprint density at radius 2 is 1.80 bits per heavy atom. The van der Waals surface area contributed by atoms with Gasteiger partial charge < -0.3 is 4.74 Å². The highest BCUT2D eigenvalue weighted by Crippen LogP contribution is 2.40. The number of aryl methyl sites for hydroxylation is 1. The number of carbonyl (C=O) groups excluding carboxylic acids is 2. The first-order chi connectivity index (χ1) is 11.8. The number of benzene rings is 2. The summed E-state index contributed by atoms with van der Waals surface area (Å²) in [6.07, 6.45) is -0.0479. The number of ether oxygens (including phenoxy) is 1. The van der Waals surface area contributed by atoms with Crippen LogP contribution in [0.3, 0.4) is 0 Å². The molecule has 2 amide bonds. The molecular weight excluding hydrogens is 314 g/mol. The average Bonchev–Trinajstić information content (AvgIpc) is 2.79. The predicted molar refractivity (Wildman–Crippen MR) is 97.8 cm³/mol. The molecule has 0 bridgehead atoms. The fourth-order valence-electron chi connectivity index (χ4n) is 3.11. The quantitative estimate of drug-likeness (QED) is 0.804. The average molecular weight is 337 g/mol. The van der Waals surface area contributed by atoms with Gasteiger partial charge in [0, 0.05) is 0 Å². The molecule has 1 aliphatic rings. The van der Waals surface area contributed by atoms with Gasteiger partial charge in [-0.05, 0) is 51.3 Å². The molecule has 130 valence electrons. The predicted octanol–water partition coefficient (Wildman–Crippen LogP) is 4.60. The highest BCUT2D eigenvalue weighted by molar-refractivity contribution is 6.19. The van der Waals surface area contributed by atoms with E-state index in [1.165, 1.54) is 4.90 Å². The van der Waals surface area contributed by atoms with Crippen LogP contribution in [0.25, 0.3) is 0 Å². The number of amides is 2. The molecule has 0 aliphatic carbocycles. The van der Waals surface area contributed by atoms with Crippen LogP contribution in [0, 0.1) is 6.92 Å². The minimum absolute atomic E-state index is 0.223. The zero-order chi connectivity index (χ0) is 18.2. The summed E-state index contributed by atoms with van der Waals surface area (Å²) in [5.41, 5.74) is 3.00. The fourth-order valence-corrected chi connectivity index (χ4v) is 3.11. The number of hydrogen-bond donors (Lipinski definition) is 0. The lowest BCUT2D eigenvalue weighted by Gasteiger charge is -2.24. The van der Waals surface area contributed by atoms with Crippen LogP contribution in [0.15, 0.2) is 48.5 Å². The van der Waals surface area contributed by atoms with Crippen molar-refractivity contribution in [3.05, 3.63) is 65.2 Å². The highest BCUT2D eigenvalue weighted by Gasteiger charge is 2.42. The van der Waals surface area contributed by atoms with Crippen molar-refractivity contribution in [3.8, 4) is 0 Å². The Balaban J connectivity index is 1.98. The molecule has 0 spiro atoms. The molecule has 25 heavy (non-hydrogen) atoms. The van der Waals surface area contributed by atoms with E-state index in [9.17, 15) is 9.59 Å².